The fourth-order valence-corrected chi connectivity index (χ4v) is 5.08. The van der Waals surface area contributed by atoms with E-state index in [-0.39, 0.29) is 18.6 Å². The van der Waals surface area contributed by atoms with E-state index in [0.717, 1.165) is 11.3 Å². The highest BCUT2D eigenvalue weighted by Crippen LogP contribution is 2.44. The third-order valence-corrected chi connectivity index (χ3v) is 6.93. The molecule has 0 bridgehead atoms. The first-order valence-electron chi connectivity index (χ1n) is 12.7. The Balaban J connectivity index is 1.55. The second-order valence-electron chi connectivity index (χ2n) is 9.13. The summed E-state index contributed by atoms with van der Waals surface area (Å²) in [6, 6.07) is 21.1. The molecule has 1 fully saturated rings. The molecule has 2 atom stereocenters. The fraction of sp³-hybridized carbons (Fsp3) is 0.200. The minimum atomic E-state index is -0.420. The van der Waals surface area contributed by atoms with E-state index in [1.54, 1.807) is 42.6 Å². The van der Waals surface area contributed by atoms with Crippen LogP contribution in [0.5, 0.6) is 5.75 Å². The maximum atomic E-state index is 12.3. The molecule has 0 radical (unpaired) electrons. The summed E-state index contributed by atoms with van der Waals surface area (Å²) >= 11 is 5.82. The molecule has 2 N–H and O–H groups in total. The minimum absolute atomic E-state index is 0.1000. The normalized spacial score (nSPS) is 16.3. The van der Waals surface area contributed by atoms with Crippen molar-refractivity contribution in [3.8, 4) is 17.1 Å². The molecule has 1 amide bonds. The zero-order valence-corrected chi connectivity index (χ0v) is 23.4. The Morgan fingerprint density at radius 2 is 1.85 bits per heavy atom. The van der Waals surface area contributed by atoms with Gasteiger partial charge in [-0.15, -0.1) is 0 Å². The number of furan rings is 1. The van der Waals surface area contributed by atoms with Crippen LogP contribution in [-0.2, 0) is 14.3 Å². The fourth-order valence-electron chi connectivity index (χ4n) is 4.74. The molecule has 4 aromatic rings. The summed E-state index contributed by atoms with van der Waals surface area (Å²) in [5.74, 6) is 1.03. The number of amides is 1. The van der Waals surface area contributed by atoms with Crippen molar-refractivity contribution in [3.05, 3.63) is 96.0 Å². The van der Waals surface area contributed by atoms with Crippen molar-refractivity contribution in [1.82, 2.24) is 10.3 Å². The van der Waals surface area contributed by atoms with E-state index >= 15 is 0 Å². The number of nitrogens with zero attached hydrogens (tertiary/aromatic N) is 2. The highest BCUT2D eigenvalue weighted by molar-refractivity contribution is 7.80. The van der Waals surface area contributed by atoms with Gasteiger partial charge in [-0.2, -0.15) is 0 Å². The van der Waals surface area contributed by atoms with Crippen LogP contribution >= 0.6 is 12.2 Å². The largest absolute Gasteiger partial charge is 0.495 e. The Hall–Kier alpha value is -4.74. The van der Waals surface area contributed by atoms with Gasteiger partial charge in [0, 0.05) is 24.6 Å². The van der Waals surface area contributed by atoms with Gasteiger partial charge in [0.25, 0.3) is 0 Å². The second kappa shape index (κ2) is 12.2. The van der Waals surface area contributed by atoms with E-state index in [1.165, 1.54) is 21.3 Å². The number of nitrogens with one attached hydrogen (secondary N) is 2. The zero-order valence-electron chi connectivity index (χ0n) is 22.6. The number of hydrogen-bond donors (Lipinski definition) is 2. The van der Waals surface area contributed by atoms with Gasteiger partial charge in [0.05, 0.1) is 37.2 Å². The van der Waals surface area contributed by atoms with Crippen molar-refractivity contribution in [1.29, 1.82) is 0 Å². The van der Waals surface area contributed by atoms with E-state index in [9.17, 15) is 9.59 Å². The smallest absolute Gasteiger partial charge is 0.337 e. The molecule has 0 unspecified atom stereocenters. The SMILES string of the molecule is COCC(=O)Nc1cc(N2C(=S)N[C@H](c3ccccn3)[C@@H]2c2ccc(-c3ccc(C(=O)OC)cc3)o2)ccc1OC. The molecular formula is C30H28N4O6S. The average molecular weight is 573 g/mol. The van der Waals surface area contributed by atoms with Crippen LogP contribution in [0.15, 0.2) is 83.4 Å². The molecule has 1 saturated heterocycles. The Labute approximate surface area is 242 Å². The number of carbonyl (C=O) groups is 2. The molecule has 0 saturated carbocycles. The first kappa shape index (κ1) is 27.8. The Kier molecular flexibility index (Phi) is 8.27. The number of anilines is 2. The summed E-state index contributed by atoms with van der Waals surface area (Å²) in [5, 5.41) is 6.69. The number of benzene rings is 2. The number of ether oxygens (including phenoxy) is 3. The summed E-state index contributed by atoms with van der Waals surface area (Å²) in [7, 11) is 4.33. The molecule has 1 aliphatic rings. The molecular weight excluding hydrogens is 544 g/mol. The van der Waals surface area contributed by atoms with Crippen LogP contribution in [-0.4, -0.2) is 49.9 Å². The molecule has 0 spiro atoms. The van der Waals surface area contributed by atoms with E-state index in [1.807, 2.05) is 41.3 Å². The molecule has 210 valence electrons. The lowest BCUT2D eigenvalue weighted by molar-refractivity contribution is -0.119. The van der Waals surface area contributed by atoms with Crippen LogP contribution in [0.2, 0.25) is 0 Å². The third-order valence-electron chi connectivity index (χ3n) is 6.62. The summed E-state index contributed by atoms with van der Waals surface area (Å²) < 4.78 is 21.6. The molecule has 11 heteroatoms. The molecule has 0 aliphatic carbocycles. The summed E-state index contributed by atoms with van der Waals surface area (Å²) in [5.41, 5.74) is 3.21. The van der Waals surface area contributed by atoms with Crippen molar-refractivity contribution < 1.29 is 28.2 Å². The minimum Gasteiger partial charge on any atom is -0.495 e. The number of carbonyl (C=O) groups excluding carboxylic acids is 2. The van der Waals surface area contributed by atoms with Gasteiger partial charge < -0.3 is 34.2 Å². The van der Waals surface area contributed by atoms with Crippen molar-refractivity contribution in [2.75, 3.05) is 38.2 Å². The molecule has 1 aliphatic heterocycles. The quantitative estimate of drug-likeness (QED) is 0.212. The number of methoxy groups -OCH3 is 3. The number of thiocarbonyl (C=S) groups is 1. The van der Waals surface area contributed by atoms with Crippen LogP contribution in [0.25, 0.3) is 11.3 Å². The first-order chi connectivity index (χ1) is 19.9. The lowest BCUT2D eigenvalue weighted by atomic mass is 10.0. The topological polar surface area (TPSA) is 115 Å². The van der Waals surface area contributed by atoms with Crippen molar-refractivity contribution >= 4 is 40.6 Å². The zero-order chi connectivity index (χ0) is 28.9. The number of pyridine rings is 1. The van der Waals surface area contributed by atoms with Crippen molar-refractivity contribution in [3.63, 3.8) is 0 Å². The van der Waals surface area contributed by atoms with Crippen LogP contribution in [0.4, 0.5) is 11.4 Å². The van der Waals surface area contributed by atoms with Gasteiger partial charge in [0.2, 0.25) is 5.91 Å². The Bertz CT molecular complexity index is 1560. The second-order valence-corrected chi connectivity index (χ2v) is 9.52. The van der Waals surface area contributed by atoms with Crippen molar-refractivity contribution in [2.24, 2.45) is 0 Å². The van der Waals surface area contributed by atoms with Crippen LogP contribution in [0, 0.1) is 0 Å². The molecule has 10 nitrogen and oxygen atoms in total. The Morgan fingerprint density at radius 1 is 1.05 bits per heavy atom. The van der Waals surface area contributed by atoms with Gasteiger partial charge in [-0.05, 0) is 66.8 Å². The maximum absolute atomic E-state index is 12.3. The predicted octanol–water partition coefficient (Wildman–Crippen LogP) is 4.90. The molecule has 5 rings (SSSR count). The van der Waals surface area contributed by atoms with Gasteiger partial charge in [0.15, 0.2) is 5.11 Å². The maximum Gasteiger partial charge on any atom is 0.337 e. The van der Waals surface area contributed by atoms with Crippen LogP contribution < -0.4 is 20.3 Å². The van der Waals surface area contributed by atoms with Crippen LogP contribution in [0.1, 0.15) is 33.9 Å². The highest BCUT2D eigenvalue weighted by atomic mass is 32.1. The monoisotopic (exact) mass is 572 g/mol. The van der Waals surface area contributed by atoms with E-state index in [2.05, 4.69) is 15.6 Å². The number of aromatic nitrogens is 1. The van der Waals surface area contributed by atoms with Gasteiger partial charge in [-0.1, -0.05) is 18.2 Å². The number of rotatable bonds is 9. The molecule has 2 aromatic carbocycles. The number of hydrogen-bond acceptors (Lipinski definition) is 8. The lowest BCUT2D eigenvalue weighted by Gasteiger charge is -2.27. The van der Waals surface area contributed by atoms with Gasteiger partial charge in [-0.3, -0.25) is 9.78 Å². The lowest BCUT2D eigenvalue weighted by Crippen LogP contribution is -2.29. The average Bonchev–Trinajstić information content (AvgIpc) is 3.62. The van der Waals surface area contributed by atoms with E-state index in [4.69, 9.17) is 30.8 Å². The molecule has 41 heavy (non-hydrogen) atoms. The predicted molar refractivity (Wildman–Crippen MR) is 157 cm³/mol. The third kappa shape index (κ3) is 5.76. The van der Waals surface area contributed by atoms with Crippen LogP contribution in [0.3, 0.4) is 0 Å². The van der Waals surface area contributed by atoms with Crippen molar-refractivity contribution in [2.45, 2.75) is 12.1 Å². The van der Waals surface area contributed by atoms with E-state index < -0.39 is 12.0 Å². The van der Waals surface area contributed by atoms with Gasteiger partial charge in [0.1, 0.15) is 29.9 Å². The summed E-state index contributed by atoms with van der Waals surface area (Å²) in [6.07, 6.45) is 1.73. The standard InChI is InChI=1S/C30H28N4O6S/c1-37-17-26(35)32-22-16-20(11-12-24(22)38-2)34-28(27(33-30(34)41)21-6-4-5-15-31-21)25-14-13-23(40-25)18-7-9-19(10-8-18)29(36)39-3/h4-16,27-28H,17H2,1-3H3,(H,32,35)(H,33,41)/t27-,28+/m1/s1. The Morgan fingerprint density at radius 3 is 2.54 bits per heavy atom. The molecule has 2 aromatic heterocycles. The van der Waals surface area contributed by atoms with E-state index in [0.29, 0.717) is 39.3 Å². The van der Waals surface area contributed by atoms with Gasteiger partial charge >= 0.3 is 5.97 Å². The molecule has 3 heterocycles. The van der Waals surface area contributed by atoms with Gasteiger partial charge in [-0.25, -0.2) is 4.79 Å². The first-order valence-corrected chi connectivity index (χ1v) is 13.1. The summed E-state index contributed by atoms with van der Waals surface area (Å²) in [4.78, 5) is 30.7. The highest BCUT2D eigenvalue weighted by Gasteiger charge is 2.42. The summed E-state index contributed by atoms with van der Waals surface area (Å²) in [6.45, 7) is -0.1000. The number of esters is 1.